The second-order valence-electron chi connectivity index (χ2n) is 7.87. The number of carbonyl (C=O) groups is 2. The lowest BCUT2D eigenvalue weighted by atomic mass is 9.95. The van der Waals surface area contributed by atoms with Gasteiger partial charge >= 0.3 is 0 Å². The van der Waals surface area contributed by atoms with Gasteiger partial charge in [0.05, 0.1) is 5.69 Å². The first kappa shape index (κ1) is 20.8. The number of rotatable bonds is 4. The van der Waals surface area contributed by atoms with Crippen LogP contribution in [0.4, 0.5) is 0 Å². The van der Waals surface area contributed by atoms with Gasteiger partial charge in [0.15, 0.2) is 0 Å². The van der Waals surface area contributed by atoms with Crippen molar-refractivity contribution in [1.82, 2.24) is 19.4 Å². The Bertz CT molecular complexity index is 848. The third-order valence-corrected chi connectivity index (χ3v) is 7.43. The molecule has 1 saturated carbocycles. The molecule has 0 N–H and O–H groups in total. The van der Waals surface area contributed by atoms with E-state index in [9.17, 15) is 18.0 Å². The average molecular weight is 411 g/mol. The van der Waals surface area contributed by atoms with Gasteiger partial charge in [0.1, 0.15) is 5.75 Å². The molecule has 1 aliphatic carbocycles. The topological polar surface area (TPSA) is 92.6 Å². The third kappa shape index (κ3) is 4.24. The summed E-state index contributed by atoms with van der Waals surface area (Å²) in [7, 11) is -3.84. The van der Waals surface area contributed by atoms with Gasteiger partial charge in [-0.05, 0) is 26.7 Å². The van der Waals surface area contributed by atoms with E-state index in [1.807, 2.05) is 18.4 Å². The molecule has 2 fully saturated rings. The Morgan fingerprint density at radius 1 is 1.00 bits per heavy atom. The highest BCUT2D eigenvalue weighted by molar-refractivity contribution is 7.92. The fourth-order valence-electron chi connectivity index (χ4n) is 4.17. The van der Waals surface area contributed by atoms with Crippen LogP contribution in [0.2, 0.25) is 0 Å². The van der Waals surface area contributed by atoms with Crippen molar-refractivity contribution in [2.24, 2.45) is 0 Å². The Balaban J connectivity index is 1.77. The molecule has 1 saturated heterocycles. The average Bonchev–Trinajstić information content (AvgIpc) is 2.98. The Morgan fingerprint density at radius 3 is 2.14 bits per heavy atom. The van der Waals surface area contributed by atoms with Crippen molar-refractivity contribution in [2.45, 2.75) is 64.1 Å². The maximum atomic E-state index is 13.1. The van der Waals surface area contributed by atoms with Gasteiger partial charge < -0.3 is 14.4 Å². The molecule has 0 spiro atoms. The fourth-order valence-corrected chi connectivity index (χ4v) is 5.67. The number of sulfone groups is 1. The van der Waals surface area contributed by atoms with E-state index < -0.39 is 21.5 Å². The van der Waals surface area contributed by atoms with E-state index in [2.05, 4.69) is 4.98 Å². The van der Waals surface area contributed by atoms with E-state index in [0.29, 0.717) is 31.9 Å². The minimum absolute atomic E-state index is 0.0276. The first-order chi connectivity index (χ1) is 13.2. The highest BCUT2D eigenvalue weighted by Gasteiger charge is 2.33. The van der Waals surface area contributed by atoms with E-state index in [4.69, 9.17) is 0 Å². The second-order valence-corrected chi connectivity index (χ2v) is 9.76. The third-order valence-electron chi connectivity index (χ3n) is 5.96. The number of hydrogen-bond acceptors (Lipinski definition) is 5. The van der Waals surface area contributed by atoms with Crippen molar-refractivity contribution >= 4 is 21.7 Å². The van der Waals surface area contributed by atoms with Crippen molar-refractivity contribution < 1.29 is 18.0 Å². The summed E-state index contributed by atoms with van der Waals surface area (Å²) in [6, 6.07) is 0.133. The van der Waals surface area contributed by atoms with E-state index in [-0.39, 0.29) is 17.1 Å². The first-order valence-corrected chi connectivity index (χ1v) is 11.7. The monoisotopic (exact) mass is 410 g/mol. The number of imidazole rings is 1. The highest BCUT2D eigenvalue weighted by Crippen LogP contribution is 2.32. The van der Waals surface area contributed by atoms with E-state index in [1.54, 1.807) is 4.90 Å². The molecule has 1 aromatic heterocycles. The molecule has 3 rings (SSSR count). The number of aryl methyl sites for hydroxylation is 1. The Morgan fingerprint density at radius 2 is 1.57 bits per heavy atom. The Kier molecular flexibility index (Phi) is 6.12. The molecule has 1 aliphatic heterocycles. The molecule has 8 nitrogen and oxygen atoms in total. The molecule has 28 heavy (non-hydrogen) atoms. The molecule has 2 aliphatic rings. The van der Waals surface area contributed by atoms with Crippen LogP contribution in [0, 0.1) is 13.8 Å². The van der Waals surface area contributed by atoms with Gasteiger partial charge in [-0.3, -0.25) is 9.59 Å². The summed E-state index contributed by atoms with van der Waals surface area (Å²) >= 11 is 0. The lowest BCUT2D eigenvalue weighted by Gasteiger charge is -2.34. The summed E-state index contributed by atoms with van der Waals surface area (Å²) in [4.78, 5) is 31.6. The molecular weight excluding hydrogens is 380 g/mol. The summed E-state index contributed by atoms with van der Waals surface area (Å²) in [5, 5.41) is 0.0325. The Hall–Kier alpha value is -1.90. The number of nitrogens with zero attached hydrogens (tertiary/aromatic N) is 4. The van der Waals surface area contributed by atoms with Crippen molar-refractivity contribution in [3.63, 3.8) is 0 Å². The van der Waals surface area contributed by atoms with Gasteiger partial charge in [-0.25, -0.2) is 13.4 Å². The van der Waals surface area contributed by atoms with Crippen LogP contribution in [0.1, 0.15) is 56.5 Å². The molecule has 1 aromatic rings. The summed E-state index contributed by atoms with van der Waals surface area (Å²) in [5.41, 5.74) is 1.57. The summed E-state index contributed by atoms with van der Waals surface area (Å²) in [6.07, 6.45) is 5.23. The zero-order chi connectivity index (χ0) is 20.5. The highest BCUT2D eigenvalue weighted by atomic mass is 32.2. The summed E-state index contributed by atoms with van der Waals surface area (Å²) < 4.78 is 28.0. The molecule has 0 aromatic carbocycles. The zero-order valence-electron chi connectivity index (χ0n) is 17.0. The van der Waals surface area contributed by atoms with Gasteiger partial charge in [0.2, 0.25) is 26.8 Å². The quantitative estimate of drug-likeness (QED) is 0.749. The Labute approximate surface area is 166 Å². The van der Waals surface area contributed by atoms with Crippen molar-refractivity contribution in [3.05, 3.63) is 11.4 Å². The minimum Gasteiger partial charge on any atom is -0.339 e. The minimum atomic E-state index is -3.84. The van der Waals surface area contributed by atoms with E-state index in [0.717, 1.165) is 31.4 Å². The second kappa shape index (κ2) is 8.23. The van der Waals surface area contributed by atoms with Crippen molar-refractivity contribution in [1.29, 1.82) is 0 Å². The van der Waals surface area contributed by atoms with Gasteiger partial charge in [-0.15, -0.1) is 0 Å². The molecule has 9 heteroatoms. The number of hydrogen-bond donors (Lipinski definition) is 0. The number of carbonyl (C=O) groups excluding carboxylic acids is 2. The van der Waals surface area contributed by atoms with Crippen LogP contribution in [0.3, 0.4) is 0 Å². The molecule has 0 unspecified atom stereocenters. The molecule has 2 amide bonds. The predicted octanol–water partition coefficient (Wildman–Crippen LogP) is 1.47. The lowest BCUT2D eigenvalue weighted by Crippen LogP contribution is -2.51. The molecule has 156 valence electrons. The summed E-state index contributed by atoms with van der Waals surface area (Å²) in [5.74, 6) is -1.02. The van der Waals surface area contributed by atoms with Gasteiger partial charge in [-0.1, -0.05) is 19.3 Å². The molecular formula is C19H30N4O4S. The van der Waals surface area contributed by atoms with Crippen molar-refractivity contribution in [3.8, 4) is 0 Å². The fraction of sp³-hybridized carbons (Fsp3) is 0.737. The SMILES string of the molecule is CC(=O)N1CCN(C(=O)CS(=O)(=O)c2nc(C)c(C)n2C2CCCCC2)CC1. The van der Waals surface area contributed by atoms with Crippen LogP contribution >= 0.6 is 0 Å². The maximum Gasteiger partial charge on any atom is 0.238 e. The van der Waals surface area contributed by atoms with Crippen LogP contribution in [0.5, 0.6) is 0 Å². The maximum absolute atomic E-state index is 13.1. The van der Waals surface area contributed by atoms with Gasteiger partial charge in [0, 0.05) is 44.8 Å². The predicted molar refractivity (Wildman–Crippen MR) is 105 cm³/mol. The van der Waals surface area contributed by atoms with Crippen LogP contribution in [-0.2, 0) is 19.4 Å². The van der Waals surface area contributed by atoms with Crippen molar-refractivity contribution in [2.75, 3.05) is 31.9 Å². The molecule has 0 bridgehead atoms. The van der Waals surface area contributed by atoms with E-state index >= 15 is 0 Å². The van der Waals surface area contributed by atoms with Crippen LogP contribution in [0.15, 0.2) is 5.16 Å². The number of amides is 2. The normalized spacial score (nSPS) is 19.1. The number of piperazine rings is 1. The molecule has 2 heterocycles. The first-order valence-electron chi connectivity index (χ1n) is 10.0. The van der Waals surface area contributed by atoms with Gasteiger partial charge in [0.25, 0.3) is 0 Å². The van der Waals surface area contributed by atoms with E-state index in [1.165, 1.54) is 18.2 Å². The van der Waals surface area contributed by atoms with Crippen LogP contribution in [0.25, 0.3) is 0 Å². The lowest BCUT2D eigenvalue weighted by molar-refractivity contribution is -0.136. The smallest absolute Gasteiger partial charge is 0.238 e. The molecule has 0 radical (unpaired) electrons. The standard InChI is InChI=1S/C19H30N4O4S/c1-14-15(2)23(17-7-5-4-6-8-17)19(20-14)28(26,27)13-18(25)22-11-9-21(10-12-22)16(3)24/h17H,4-13H2,1-3H3. The number of aromatic nitrogens is 2. The zero-order valence-corrected chi connectivity index (χ0v) is 17.8. The largest absolute Gasteiger partial charge is 0.339 e. The molecule has 0 atom stereocenters. The summed E-state index contributed by atoms with van der Waals surface area (Å²) in [6.45, 7) is 6.82. The van der Waals surface area contributed by atoms with Crippen LogP contribution < -0.4 is 0 Å². The van der Waals surface area contributed by atoms with Gasteiger partial charge in [-0.2, -0.15) is 0 Å². The van der Waals surface area contributed by atoms with Crippen LogP contribution in [-0.4, -0.2) is 71.5 Å².